The summed E-state index contributed by atoms with van der Waals surface area (Å²) in [7, 11) is -3.16. The molecule has 6 nitrogen and oxygen atoms in total. The van der Waals surface area contributed by atoms with Crippen LogP contribution in [0.15, 0.2) is 22.7 Å². The van der Waals surface area contributed by atoms with E-state index in [4.69, 9.17) is 0 Å². The van der Waals surface area contributed by atoms with Crippen LogP contribution >= 0.6 is 15.9 Å². The van der Waals surface area contributed by atoms with E-state index in [0.29, 0.717) is 11.0 Å². The fraction of sp³-hybridized carbons (Fsp3) is 0.500. The average molecular weight is 365 g/mol. The van der Waals surface area contributed by atoms with E-state index in [0.717, 1.165) is 5.56 Å². The maximum absolute atomic E-state index is 11.5. The number of nitrogens with zero attached hydrogens (tertiary/aromatic N) is 1. The summed E-state index contributed by atoms with van der Waals surface area (Å²) in [5, 5.41) is 13.8. The second-order valence-corrected chi connectivity index (χ2v) is 8.68. The molecule has 0 saturated heterocycles. The molecule has 0 atom stereocenters. The number of hydrogen-bond donors (Lipinski definition) is 1. The first-order chi connectivity index (χ1) is 9.04. The molecule has 0 fully saturated rings. The van der Waals surface area contributed by atoms with Crippen LogP contribution < -0.4 is 5.32 Å². The average Bonchev–Trinajstić information content (AvgIpc) is 2.29. The van der Waals surface area contributed by atoms with Crippen molar-refractivity contribution in [2.24, 2.45) is 0 Å². The first-order valence-corrected chi connectivity index (χ1v) is 8.56. The Morgan fingerprint density at radius 2 is 2.00 bits per heavy atom. The molecule has 0 aliphatic rings. The highest BCUT2D eigenvalue weighted by molar-refractivity contribution is 9.10. The standard InChI is InChI=1S/C12H17BrN2O4S/c1-12(2,20(3,18)19)8-14-7-9-4-5-10(13)11(6-9)15(16)17/h4-6,14H,7-8H2,1-3H3. The van der Waals surface area contributed by atoms with Gasteiger partial charge in [-0.05, 0) is 41.4 Å². The van der Waals surface area contributed by atoms with E-state index in [-0.39, 0.29) is 12.2 Å². The van der Waals surface area contributed by atoms with Crippen LogP contribution in [0.25, 0.3) is 0 Å². The predicted molar refractivity (Wildman–Crippen MR) is 81.4 cm³/mol. The van der Waals surface area contributed by atoms with Crippen molar-refractivity contribution in [2.75, 3.05) is 12.8 Å². The number of nitrogens with one attached hydrogen (secondary N) is 1. The predicted octanol–water partition coefficient (Wildman–Crippen LogP) is 2.27. The largest absolute Gasteiger partial charge is 0.311 e. The number of benzene rings is 1. The Bertz CT molecular complexity index is 614. The molecule has 0 radical (unpaired) electrons. The van der Waals surface area contributed by atoms with E-state index in [1.807, 2.05) is 0 Å². The van der Waals surface area contributed by atoms with Crippen molar-refractivity contribution in [1.82, 2.24) is 5.32 Å². The van der Waals surface area contributed by atoms with Crippen molar-refractivity contribution in [3.05, 3.63) is 38.3 Å². The lowest BCUT2D eigenvalue weighted by molar-refractivity contribution is -0.385. The van der Waals surface area contributed by atoms with Gasteiger partial charge in [-0.2, -0.15) is 0 Å². The summed E-state index contributed by atoms with van der Waals surface area (Å²) in [5.41, 5.74) is 0.718. The topological polar surface area (TPSA) is 89.3 Å². The number of nitro groups is 1. The van der Waals surface area contributed by atoms with Crippen LogP contribution in [0.4, 0.5) is 5.69 Å². The fourth-order valence-electron chi connectivity index (χ4n) is 1.45. The van der Waals surface area contributed by atoms with Crippen LogP contribution in [-0.2, 0) is 16.4 Å². The lowest BCUT2D eigenvalue weighted by Gasteiger charge is -2.22. The minimum absolute atomic E-state index is 0.00771. The Labute approximate surface area is 126 Å². The molecule has 0 saturated carbocycles. The molecule has 112 valence electrons. The van der Waals surface area contributed by atoms with Crippen molar-refractivity contribution in [3.63, 3.8) is 0 Å². The van der Waals surface area contributed by atoms with E-state index in [1.165, 1.54) is 12.3 Å². The van der Waals surface area contributed by atoms with Crippen LogP contribution in [0.3, 0.4) is 0 Å². The summed E-state index contributed by atoms with van der Waals surface area (Å²) in [6, 6.07) is 4.82. The van der Waals surface area contributed by atoms with Crippen molar-refractivity contribution in [2.45, 2.75) is 25.1 Å². The number of sulfone groups is 1. The van der Waals surface area contributed by atoms with Gasteiger partial charge in [0, 0.05) is 25.4 Å². The van der Waals surface area contributed by atoms with Gasteiger partial charge in [-0.1, -0.05) is 6.07 Å². The van der Waals surface area contributed by atoms with Crippen LogP contribution in [0.1, 0.15) is 19.4 Å². The number of nitro benzene ring substituents is 1. The van der Waals surface area contributed by atoms with Crippen LogP contribution in [0.5, 0.6) is 0 Å². The molecule has 8 heteroatoms. The summed E-state index contributed by atoms with van der Waals surface area (Å²) in [5.74, 6) is 0. The molecule has 1 N–H and O–H groups in total. The van der Waals surface area contributed by atoms with Gasteiger partial charge in [0.2, 0.25) is 0 Å². The van der Waals surface area contributed by atoms with Crippen molar-refractivity contribution in [1.29, 1.82) is 0 Å². The molecule has 1 rings (SSSR count). The molecule has 0 aromatic heterocycles. The Kier molecular flexibility index (Phi) is 5.28. The highest BCUT2D eigenvalue weighted by Gasteiger charge is 2.29. The Morgan fingerprint density at radius 1 is 1.40 bits per heavy atom. The van der Waals surface area contributed by atoms with Crippen LogP contribution in [0, 0.1) is 10.1 Å². The first-order valence-electron chi connectivity index (χ1n) is 5.88. The molecular weight excluding hydrogens is 348 g/mol. The number of rotatable bonds is 6. The molecule has 0 aliphatic heterocycles. The minimum atomic E-state index is -3.16. The molecule has 0 spiro atoms. The quantitative estimate of drug-likeness (QED) is 0.617. The summed E-state index contributed by atoms with van der Waals surface area (Å²) in [6.45, 7) is 3.92. The maximum atomic E-state index is 11.5. The highest BCUT2D eigenvalue weighted by atomic mass is 79.9. The van der Waals surface area contributed by atoms with E-state index >= 15 is 0 Å². The lowest BCUT2D eigenvalue weighted by Crippen LogP contribution is -2.41. The first kappa shape index (κ1) is 17.1. The summed E-state index contributed by atoms with van der Waals surface area (Å²) in [6.07, 6.45) is 1.19. The molecule has 1 aromatic rings. The maximum Gasteiger partial charge on any atom is 0.283 e. The molecule has 0 heterocycles. The monoisotopic (exact) mass is 364 g/mol. The molecule has 1 aromatic carbocycles. The SMILES string of the molecule is CC(C)(CNCc1ccc(Br)c([N+](=O)[O-])c1)S(C)(=O)=O. The summed E-state index contributed by atoms with van der Waals surface area (Å²) < 4.78 is 22.6. The van der Waals surface area contributed by atoms with Crippen LogP contribution in [-0.4, -0.2) is 30.9 Å². The molecule has 0 bridgehead atoms. The van der Waals surface area contributed by atoms with Gasteiger partial charge in [0.05, 0.1) is 14.1 Å². The third kappa shape index (κ3) is 4.26. The molecule has 20 heavy (non-hydrogen) atoms. The van der Waals surface area contributed by atoms with Gasteiger partial charge in [-0.25, -0.2) is 8.42 Å². The fourth-order valence-corrected chi connectivity index (χ4v) is 2.20. The van der Waals surface area contributed by atoms with Gasteiger partial charge in [0.15, 0.2) is 9.84 Å². The minimum Gasteiger partial charge on any atom is -0.311 e. The normalized spacial score (nSPS) is 12.4. The van der Waals surface area contributed by atoms with Crippen LogP contribution in [0.2, 0.25) is 0 Å². The lowest BCUT2D eigenvalue weighted by atomic mass is 10.1. The van der Waals surface area contributed by atoms with E-state index in [9.17, 15) is 18.5 Å². The van der Waals surface area contributed by atoms with Gasteiger partial charge in [0.1, 0.15) is 0 Å². The van der Waals surface area contributed by atoms with Gasteiger partial charge >= 0.3 is 0 Å². The third-order valence-electron chi connectivity index (χ3n) is 3.09. The van der Waals surface area contributed by atoms with Gasteiger partial charge in [-0.3, -0.25) is 10.1 Å². The van der Waals surface area contributed by atoms with E-state index in [1.54, 1.807) is 26.0 Å². The molecule has 0 aliphatic carbocycles. The Morgan fingerprint density at radius 3 is 2.50 bits per heavy atom. The molecular formula is C12H17BrN2O4S. The third-order valence-corrected chi connectivity index (χ3v) is 5.91. The second-order valence-electron chi connectivity index (χ2n) is 5.18. The van der Waals surface area contributed by atoms with E-state index < -0.39 is 19.5 Å². The zero-order valence-corrected chi connectivity index (χ0v) is 13.9. The smallest absolute Gasteiger partial charge is 0.283 e. The highest BCUT2D eigenvalue weighted by Crippen LogP contribution is 2.25. The second kappa shape index (κ2) is 6.19. The van der Waals surface area contributed by atoms with Gasteiger partial charge < -0.3 is 5.32 Å². The Balaban J connectivity index is 2.73. The van der Waals surface area contributed by atoms with Crippen molar-refractivity contribution < 1.29 is 13.3 Å². The van der Waals surface area contributed by atoms with Crippen molar-refractivity contribution >= 4 is 31.5 Å². The van der Waals surface area contributed by atoms with E-state index in [2.05, 4.69) is 21.2 Å². The number of hydrogen-bond acceptors (Lipinski definition) is 5. The Hall–Kier alpha value is -0.990. The summed E-state index contributed by atoms with van der Waals surface area (Å²) >= 11 is 3.12. The van der Waals surface area contributed by atoms with Gasteiger partial charge in [0.25, 0.3) is 5.69 Å². The zero-order chi connectivity index (χ0) is 15.6. The molecule has 0 unspecified atom stereocenters. The zero-order valence-electron chi connectivity index (χ0n) is 11.5. The van der Waals surface area contributed by atoms with Gasteiger partial charge in [-0.15, -0.1) is 0 Å². The number of halogens is 1. The summed E-state index contributed by atoms with van der Waals surface area (Å²) in [4.78, 5) is 10.4. The molecule has 0 amide bonds. The van der Waals surface area contributed by atoms with Crippen molar-refractivity contribution in [3.8, 4) is 0 Å².